The predicted octanol–water partition coefficient (Wildman–Crippen LogP) is 6.16. The number of hydrogen-bond donors (Lipinski definition) is 1. The number of rotatable bonds is 5. The van der Waals surface area contributed by atoms with Gasteiger partial charge in [-0.3, -0.25) is 4.79 Å². The van der Waals surface area contributed by atoms with Crippen LogP contribution in [0.25, 0.3) is 5.57 Å². The van der Waals surface area contributed by atoms with Gasteiger partial charge < -0.3 is 14.7 Å². The average molecular weight is 485 g/mol. The predicted molar refractivity (Wildman–Crippen MR) is 121 cm³/mol. The number of carbonyl (C=O) groups excluding carboxylic acids is 1. The number of benzene rings is 3. The molecule has 0 spiro atoms. The van der Waals surface area contributed by atoms with Crippen molar-refractivity contribution in [2.24, 2.45) is 0 Å². The minimum Gasteiger partial charge on any atom is -0.503 e. The lowest BCUT2D eigenvalue weighted by atomic mass is 9.93. The van der Waals surface area contributed by atoms with Crippen molar-refractivity contribution < 1.29 is 14.6 Å². The lowest BCUT2D eigenvalue weighted by Crippen LogP contribution is -2.29. The van der Waals surface area contributed by atoms with Crippen molar-refractivity contribution in [3.8, 4) is 5.75 Å². The van der Waals surface area contributed by atoms with Gasteiger partial charge in [0.05, 0.1) is 13.2 Å². The summed E-state index contributed by atoms with van der Waals surface area (Å²) >= 11 is 9.50. The van der Waals surface area contributed by atoms with Gasteiger partial charge in [0.1, 0.15) is 5.75 Å². The summed E-state index contributed by atoms with van der Waals surface area (Å²) in [5.74, 6) is 0.112. The first kappa shape index (κ1) is 20.5. The van der Waals surface area contributed by atoms with E-state index in [0.717, 1.165) is 26.9 Å². The standard InChI is InChI=1S/C24H19BrClNO3/c1-30-20-12-2-15(3-13-20)14-27-22(17-4-8-18(25)9-5-17)21(23(28)24(27)29)16-6-10-19(26)11-7-16/h2-13,22,28H,14H2,1H3/t22-/m1/s1. The molecule has 4 rings (SSSR count). The summed E-state index contributed by atoms with van der Waals surface area (Å²) in [5, 5.41) is 11.4. The van der Waals surface area contributed by atoms with Crippen LogP contribution in [-0.4, -0.2) is 23.0 Å². The quantitative estimate of drug-likeness (QED) is 0.471. The van der Waals surface area contributed by atoms with Crippen LogP contribution in [-0.2, 0) is 11.3 Å². The summed E-state index contributed by atoms with van der Waals surface area (Å²) in [7, 11) is 1.61. The molecule has 0 bridgehead atoms. The molecule has 3 aromatic carbocycles. The van der Waals surface area contributed by atoms with E-state index in [9.17, 15) is 9.90 Å². The number of hydrogen-bond acceptors (Lipinski definition) is 3. The fraction of sp³-hybridized carbons (Fsp3) is 0.125. The lowest BCUT2D eigenvalue weighted by Gasteiger charge is -2.27. The number of nitrogens with zero attached hydrogens (tertiary/aromatic N) is 1. The highest BCUT2D eigenvalue weighted by Gasteiger charge is 2.40. The molecule has 1 amide bonds. The zero-order chi connectivity index (χ0) is 21.3. The van der Waals surface area contributed by atoms with Gasteiger partial charge in [-0.1, -0.05) is 63.9 Å². The van der Waals surface area contributed by atoms with Crippen LogP contribution in [0.2, 0.25) is 5.02 Å². The second kappa shape index (κ2) is 8.54. The first-order chi connectivity index (χ1) is 14.5. The van der Waals surface area contributed by atoms with Gasteiger partial charge in [-0.25, -0.2) is 0 Å². The van der Waals surface area contributed by atoms with Gasteiger partial charge in [-0.15, -0.1) is 0 Å². The van der Waals surface area contributed by atoms with Crippen molar-refractivity contribution in [2.45, 2.75) is 12.6 Å². The Labute approximate surface area is 188 Å². The largest absolute Gasteiger partial charge is 0.503 e. The van der Waals surface area contributed by atoms with Crippen molar-refractivity contribution in [1.29, 1.82) is 0 Å². The molecular weight excluding hydrogens is 466 g/mol. The van der Waals surface area contributed by atoms with E-state index in [1.54, 1.807) is 24.1 Å². The Kier molecular flexibility index (Phi) is 5.84. The van der Waals surface area contributed by atoms with E-state index < -0.39 is 11.9 Å². The number of ether oxygens (including phenoxy) is 1. The van der Waals surface area contributed by atoms with E-state index in [1.807, 2.05) is 60.7 Å². The molecule has 0 saturated heterocycles. The van der Waals surface area contributed by atoms with Crippen LogP contribution in [0.5, 0.6) is 5.75 Å². The van der Waals surface area contributed by atoms with Gasteiger partial charge in [0.25, 0.3) is 5.91 Å². The fourth-order valence-corrected chi connectivity index (χ4v) is 4.05. The molecule has 30 heavy (non-hydrogen) atoms. The first-order valence-corrected chi connectivity index (χ1v) is 10.5. The maximum absolute atomic E-state index is 13.1. The average Bonchev–Trinajstić information content (AvgIpc) is 3.00. The number of halogens is 2. The van der Waals surface area contributed by atoms with E-state index in [0.29, 0.717) is 17.1 Å². The first-order valence-electron chi connectivity index (χ1n) is 9.36. The molecule has 1 N–H and O–H groups in total. The van der Waals surface area contributed by atoms with Crippen LogP contribution < -0.4 is 4.74 Å². The molecule has 0 radical (unpaired) electrons. The van der Waals surface area contributed by atoms with Gasteiger partial charge in [0.15, 0.2) is 5.76 Å². The number of amides is 1. The third-order valence-electron chi connectivity index (χ3n) is 5.16. The molecule has 0 saturated carbocycles. The van der Waals surface area contributed by atoms with Crippen LogP contribution in [0, 0.1) is 0 Å². The molecule has 3 aromatic rings. The third kappa shape index (κ3) is 3.95. The topological polar surface area (TPSA) is 49.8 Å². The maximum atomic E-state index is 13.1. The van der Waals surface area contributed by atoms with Gasteiger partial charge in [0.2, 0.25) is 0 Å². The van der Waals surface area contributed by atoms with E-state index >= 15 is 0 Å². The zero-order valence-electron chi connectivity index (χ0n) is 16.2. The Balaban J connectivity index is 1.77. The zero-order valence-corrected chi connectivity index (χ0v) is 18.5. The van der Waals surface area contributed by atoms with Crippen LogP contribution in [0.3, 0.4) is 0 Å². The molecule has 0 unspecified atom stereocenters. The summed E-state index contributed by atoms with van der Waals surface area (Å²) in [6.45, 7) is 0.352. The summed E-state index contributed by atoms with van der Waals surface area (Å²) < 4.78 is 6.16. The van der Waals surface area contributed by atoms with Crippen LogP contribution in [0.15, 0.2) is 83.0 Å². The maximum Gasteiger partial charge on any atom is 0.290 e. The lowest BCUT2D eigenvalue weighted by molar-refractivity contribution is -0.130. The molecule has 0 fully saturated rings. The van der Waals surface area contributed by atoms with Crippen LogP contribution in [0.4, 0.5) is 0 Å². The van der Waals surface area contributed by atoms with E-state index in [2.05, 4.69) is 15.9 Å². The molecule has 1 atom stereocenters. The highest BCUT2D eigenvalue weighted by atomic mass is 79.9. The van der Waals surface area contributed by atoms with Crippen molar-refractivity contribution in [3.05, 3.63) is 105 Å². The Morgan fingerprint density at radius 1 is 1.00 bits per heavy atom. The summed E-state index contributed by atoms with van der Waals surface area (Å²) in [6.07, 6.45) is 0. The third-order valence-corrected chi connectivity index (χ3v) is 5.94. The van der Waals surface area contributed by atoms with Crippen molar-refractivity contribution in [3.63, 3.8) is 0 Å². The second-order valence-electron chi connectivity index (χ2n) is 7.00. The second-order valence-corrected chi connectivity index (χ2v) is 8.36. The SMILES string of the molecule is COc1ccc(CN2C(=O)C(O)=C(c3ccc(Cl)cc3)[C@H]2c2ccc(Br)cc2)cc1. The van der Waals surface area contributed by atoms with Crippen LogP contribution >= 0.6 is 27.5 Å². The Morgan fingerprint density at radius 2 is 1.63 bits per heavy atom. The molecule has 152 valence electrons. The Bertz CT molecular complexity index is 1090. The molecule has 0 aliphatic carbocycles. The number of aliphatic hydroxyl groups excluding tert-OH is 1. The normalized spacial score (nSPS) is 16.3. The van der Waals surface area contributed by atoms with Crippen molar-refractivity contribution in [2.75, 3.05) is 7.11 Å². The summed E-state index contributed by atoms with van der Waals surface area (Å²) in [4.78, 5) is 14.8. The van der Waals surface area contributed by atoms with Gasteiger partial charge in [0, 0.05) is 21.6 Å². The van der Waals surface area contributed by atoms with Gasteiger partial charge in [-0.2, -0.15) is 0 Å². The Morgan fingerprint density at radius 3 is 2.23 bits per heavy atom. The molecule has 1 aliphatic heterocycles. The summed E-state index contributed by atoms with van der Waals surface area (Å²) in [5.41, 5.74) is 3.19. The minimum atomic E-state index is -0.422. The molecule has 0 aromatic heterocycles. The van der Waals surface area contributed by atoms with Crippen molar-refractivity contribution in [1.82, 2.24) is 4.90 Å². The van der Waals surface area contributed by atoms with E-state index in [-0.39, 0.29) is 5.76 Å². The van der Waals surface area contributed by atoms with Gasteiger partial charge >= 0.3 is 0 Å². The summed E-state index contributed by atoms with van der Waals surface area (Å²) in [6, 6.07) is 22.1. The van der Waals surface area contributed by atoms with Crippen molar-refractivity contribution >= 4 is 39.0 Å². The molecule has 1 aliphatic rings. The molecule has 1 heterocycles. The highest BCUT2D eigenvalue weighted by molar-refractivity contribution is 9.10. The molecule has 4 nitrogen and oxygen atoms in total. The van der Waals surface area contributed by atoms with E-state index in [1.165, 1.54) is 0 Å². The fourth-order valence-electron chi connectivity index (χ4n) is 3.66. The highest BCUT2D eigenvalue weighted by Crippen LogP contribution is 2.44. The molecular formula is C24H19BrClNO3. The number of carbonyl (C=O) groups is 1. The van der Waals surface area contributed by atoms with E-state index in [4.69, 9.17) is 16.3 Å². The monoisotopic (exact) mass is 483 g/mol. The van der Waals surface area contributed by atoms with Crippen LogP contribution in [0.1, 0.15) is 22.7 Å². The number of aliphatic hydroxyl groups is 1. The number of methoxy groups -OCH3 is 1. The Hall–Kier alpha value is -2.76. The van der Waals surface area contributed by atoms with Gasteiger partial charge in [-0.05, 0) is 53.1 Å². The molecule has 6 heteroatoms. The smallest absolute Gasteiger partial charge is 0.290 e. The minimum absolute atomic E-state index is 0.237.